The Morgan fingerprint density at radius 2 is 1.73 bits per heavy atom. The first-order valence-electron chi connectivity index (χ1n) is 7.44. The Bertz CT molecular complexity index is 605. The maximum absolute atomic E-state index is 12.0. The Balaban J connectivity index is 1.80. The zero-order chi connectivity index (χ0) is 16.2. The molecule has 0 atom stereocenters. The second-order valence-corrected chi connectivity index (χ2v) is 7.52. The summed E-state index contributed by atoms with van der Waals surface area (Å²) >= 11 is 0. The molecule has 122 valence electrons. The number of carbonyl (C=O) groups excluding carboxylic acids is 1. The second-order valence-electron chi connectivity index (χ2n) is 5.54. The van der Waals surface area contributed by atoms with Gasteiger partial charge in [0.05, 0.1) is 12.8 Å². The highest BCUT2D eigenvalue weighted by molar-refractivity contribution is 7.88. The normalized spacial score (nSPS) is 17.4. The molecule has 1 amide bonds. The molecule has 2 rings (SSSR count). The number of nitrogens with zero attached hydrogens (tertiary/aromatic N) is 2. The molecule has 1 aliphatic rings. The van der Waals surface area contributed by atoms with E-state index in [1.54, 1.807) is 0 Å². The molecule has 1 saturated heterocycles. The largest absolute Gasteiger partial charge is 0.325 e. The van der Waals surface area contributed by atoms with Crippen LogP contribution in [0.25, 0.3) is 0 Å². The summed E-state index contributed by atoms with van der Waals surface area (Å²) in [5.41, 5.74) is 2.02. The fourth-order valence-electron chi connectivity index (χ4n) is 2.45. The lowest BCUT2D eigenvalue weighted by atomic mass is 10.1. The van der Waals surface area contributed by atoms with E-state index in [1.165, 1.54) is 16.1 Å². The Labute approximate surface area is 132 Å². The van der Waals surface area contributed by atoms with E-state index in [1.807, 2.05) is 29.2 Å². The van der Waals surface area contributed by atoms with Crippen LogP contribution in [0.2, 0.25) is 0 Å². The predicted octanol–water partition coefficient (Wildman–Crippen LogP) is 0.765. The van der Waals surface area contributed by atoms with Crippen LogP contribution in [-0.4, -0.2) is 62.5 Å². The van der Waals surface area contributed by atoms with Crippen LogP contribution in [0, 0.1) is 0 Å². The SMILES string of the molecule is CCc1ccc(NC(=O)CN2CCN(S(C)(=O)=O)CC2)cc1. The summed E-state index contributed by atoms with van der Waals surface area (Å²) in [6.45, 7) is 4.41. The van der Waals surface area contributed by atoms with Crippen molar-refractivity contribution < 1.29 is 13.2 Å². The number of rotatable bonds is 5. The summed E-state index contributed by atoms with van der Waals surface area (Å²) in [5.74, 6) is -0.0722. The van der Waals surface area contributed by atoms with E-state index in [2.05, 4.69) is 12.2 Å². The number of aryl methyl sites for hydroxylation is 1. The smallest absolute Gasteiger partial charge is 0.238 e. The molecule has 1 aromatic carbocycles. The molecule has 1 aliphatic heterocycles. The minimum Gasteiger partial charge on any atom is -0.325 e. The van der Waals surface area contributed by atoms with E-state index in [0.29, 0.717) is 26.2 Å². The van der Waals surface area contributed by atoms with Gasteiger partial charge in [0, 0.05) is 31.9 Å². The number of nitrogens with one attached hydrogen (secondary N) is 1. The summed E-state index contributed by atoms with van der Waals surface area (Å²) < 4.78 is 24.3. The van der Waals surface area contributed by atoms with Gasteiger partial charge in [-0.2, -0.15) is 4.31 Å². The van der Waals surface area contributed by atoms with E-state index >= 15 is 0 Å². The van der Waals surface area contributed by atoms with Crippen LogP contribution in [0.4, 0.5) is 5.69 Å². The van der Waals surface area contributed by atoms with Crippen molar-refractivity contribution in [2.24, 2.45) is 0 Å². The molecule has 22 heavy (non-hydrogen) atoms. The van der Waals surface area contributed by atoms with Gasteiger partial charge in [0.15, 0.2) is 0 Å². The molecule has 6 nitrogen and oxygen atoms in total. The van der Waals surface area contributed by atoms with Gasteiger partial charge in [-0.25, -0.2) is 8.42 Å². The van der Waals surface area contributed by atoms with E-state index in [9.17, 15) is 13.2 Å². The van der Waals surface area contributed by atoms with E-state index < -0.39 is 10.0 Å². The molecule has 0 saturated carbocycles. The zero-order valence-corrected chi connectivity index (χ0v) is 13.9. The van der Waals surface area contributed by atoms with Crippen LogP contribution in [0.1, 0.15) is 12.5 Å². The first-order chi connectivity index (χ1) is 10.4. The molecule has 0 aliphatic carbocycles. The maximum atomic E-state index is 12.0. The monoisotopic (exact) mass is 325 g/mol. The Morgan fingerprint density at radius 3 is 2.23 bits per heavy atom. The molecular weight excluding hydrogens is 302 g/mol. The number of carbonyl (C=O) groups is 1. The number of amides is 1. The quantitative estimate of drug-likeness (QED) is 0.868. The van der Waals surface area contributed by atoms with Crippen molar-refractivity contribution in [2.45, 2.75) is 13.3 Å². The van der Waals surface area contributed by atoms with E-state index in [-0.39, 0.29) is 12.5 Å². The molecule has 1 fully saturated rings. The van der Waals surface area contributed by atoms with E-state index in [4.69, 9.17) is 0 Å². The highest BCUT2D eigenvalue weighted by atomic mass is 32.2. The summed E-state index contributed by atoms with van der Waals surface area (Å²) in [6.07, 6.45) is 2.19. The van der Waals surface area contributed by atoms with E-state index in [0.717, 1.165) is 12.1 Å². The number of benzene rings is 1. The highest BCUT2D eigenvalue weighted by Crippen LogP contribution is 2.10. The molecule has 0 radical (unpaired) electrons. The average Bonchev–Trinajstić information content (AvgIpc) is 2.47. The number of hydrogen-bond donors (Lipinski definition) is 1. The molecular formula is C15H23N3O3S. The van der Waals surface area contributed by atoms with Gasteiger partial charge >= 0.3 is 0 Å². The number of anilines is 1. The topological polar surface area (TPSA) is 69.7 Å². The van der Waals surface area contributed by atoms with Crippen molar-refractivity contribution in [3.63, 3.8) is 0 Å². The zero-order valence-electron chi connectivity index (χ0n) is 13.1. The maximum Gasteiger partial charge on any atom is 0.238 e. The van der Waals surface area contributed by atoms with Gasteiger partial charge in [0.1, 0.15) is 0 Å². The van der Waals surface area contributed by atoms with Crippen molar-refractivity contribution >= 4 is 21.6 Å². The lowest BCUT2D eigenvalue weighted by molar-refractivity contribution is -0.117. The van der Waals surface area contributed by atoms with Gasteiger partial charge in [0.25, 0.3) is 0 Å². The van der Waals surface area contributed by atoms with Crippen molar-refractivity contribution in [3.05, 3.63) is 29.8 Å². The average molecular weight is 325 g/mol. The first kappa shape index (κ1) is 16.9. The molecule has 0 aromatic heterocycles. The van der Waals surface area contributed by atoms with Crippen LogP contribution in [0.5, 0.6) is 0 Å². The van der Waals surface area contributed by atoms with Crippen molar-refractivity contribution in [1.82, 2.24) is 9.21 Å². The lowest BCUT2D eigenvalue weighted by Crippen LogP contribution is -2.50. The second kappa shape index (κ2) is 7.21. The third-order valence-electron chi connectivity index (χ3n) is 3.81. The lowest BCUT2D eigenvalue weighted by Gasteiger charge is -2.32. The summed E-state index contributed by atoms with van der Waals surface area (Å²) in [7, 11) is -3.13. The minimum absolute atomic E-state index is 0.0722. The molecule has 1 heterocycles. The van der Waals surface area contributed by atoms with Crippen LogP contribution in [-0.2, 0) is 21.2 Å². The fourth-order valence-corrected chi connectivity index (χ4v) is 3.27. The van der Waals surface area contributed by atoms with Crippen molar-refractivity contribution in [1.29, 1.82) is 0 Å². The van der Waals surface area contributed by atoms with Crippen LogP contribution >= 0.6 is 0 Å². The number of sulfonamides is 1. The summed E-state index contributed by atoms with van der Waals surface area (Å²) in [6, 6.07) is 7.80. The molecule has 1 aromatic rings. The minimum atomic E-state index is -3.13. The van der Waals surface area contributed by atoms with Gasteiger partial charge in [-0.15, -0.1) is 0 Å². The third kappa shape index (κ3) is 4.79. The molecule has 7 heteroatoms. The Kier molecular flexibility index (Phi) is 5.55. The highest BCUT2D eigenvalue weighted by Gasteiger charge is 2.24. The van der Waals surface area contributed by atoms with Gasteiger partial charge in [0.2, 0.25) is 15.9 Å². The van der Waals surface area contributed by atoms with Gasteiger partial charge in [-0.05, 0) is 24.1 Å². The van der Waals surface area contributed by atoms with Gasteiger partial charge in [-0.3, -0.25) is 9.69 Å². The van der Waals surface area contributed by atoms with Crippen molar-refractivity contribution in [3.8, 4) is 0 Å². The molecule has 0 unspecified atom stereocenters. The Hall–Kier alpha value is -1.44. The predicted molar refractivity (Wildman–Crippen MR) is 87.3 cm³/mol. The summed E-state index contributed by atoms with van der Waals surface area (Å²) in [4.78, 5) is 14.0. The van der Waals surface area contributed by atoms with Gasteiger partial charge in [-0.1, -0.05) is 19.1 Å². The Morgan fingerprint density at radius 1 is 1.14 bits per heavy atom. The summed E-state index contributed by atoms with van der Waals surface area (Å²) in [5, 5.41) is 2.87. The van der Waals surface area contributed by atoms with Gasteiger partial charge < -0.3 is 5.32 Å². The number of piperazine rings is 1. The van der Waals surface area contributed by atoms with Crippen LogP contribution in [0.3, 0.4) is 0 Å². The van der Waals surface area contributed by atoms with Crippen LogP contribution in [0.15, 0.2) is 24.3 Å². The molecule has 0 bridgehead atoms. The third-order valence-corrected chi connectivity index (χ3v) is 5.12. The standard InChI is InChI=1S/C15H23N3O3S/c1-3-13-4-6-14(7-5-13)16-15(19)12-17-8-10-18(11-9-17)22(2,20)21/h4-7H,3,8-12H2,1-2H3,(H,16,19). The van der Waals surface area contributed by atoms with Crippen LogP contribution < -0.4 is 5.32 Å². The molecule has 0 spiro atoms. The molecule has 1 N–H and O–H groups in total. The number of hydrogen-bond acceptors (Lipinski definition) is 4. The fraction of sp³-hybridized carbons (Fsp3) is 0.533. The first-order valence-corrected chi connectivity index (χ1v) is 9.29. The van der Waals surface area contributed by atoms with Crippen molar-refractivity contribution in [2.75, 3.05) is 44.3 Å².